The van der Waals surface area contributed by atoms with Crippen molar-refractivity contribution >= 4 is 23.3 Å². The zero-order valence-corrected chi connectivity index (χ0v) is 18.2. The average Bonchev–Trinajstić information content (AvgIpc) is 3.30. The van der Waals surface area contributed by atoms with E-state index in [0.717, 1.165) is 6.07 Å². The predicted molar refractivity (Wildman–Crippen MR) is 118 cm³/mol. The van der Waals surface area contributed by atoms with Crippen LogP contribution in [0.2, 0.25) is 0 Å². The van der Waals surface area contributed by atoms with Gasteiger partial charge in [-0.05, 0) is 38.1 Å². The Labute approximate surface area is 189 Å². The Hall–Kier alpha value is -4.41. The molecule has 3 rings (SSSR count). The molecule has 1 aromatic heterocycles. The molecule has 1 N–H and O–H groups in total. The molecule has 0 radical (unpaired) electrons. The maximum Gasteiger partial charge on any atom is 0.358 e. The highest BCUT2D eigenvalue weighted by Crippen LogP contribution is 2.35. The van der Waals surface area contributed by atoms with Crippen molar-refractivity contribution in [1.29, 1.82) is 0 Å². The van der Waals surface area contributed by atoms with Crippen LogP contribution in [-0.2, 0) is 4.74 Å². The SMILES string of the molecule is CCOC(=O)c1ccn(-c2cccc(NC(=O)c3cc(OC)c(OCC)cc3[N+](=O)[O-])c2)n1. The second kappa shape index (κ2) is 10.3. The van der Waals surface area contributed by atoms with E-state index in [2.05, 4.69) is 10.4 Å². The number of aromatic nitrogens is 2. The lowest BCUT2D eigenvalue weighted by atomic mass is 10.1. The van der Waals surface area contributed by atoms with Gasteiger partial charge in [0.05, 0.1) is 37.0 Å². The molecule has 2 aromatic carbocycles. The summed E-state index contributed by atoms with van der Waals surface area (Å²) in [5, 5.41) is 18.4. The summed E-state index contributed by atoms with van der Waals surface area (Å²) in [6.07, 6.45) is 1.58. The fourth-order valence-corrected chi connectivity index (χ4v) is 3.02. The van der Waals surface area contributed by atoms with Gasteiger partial charge in [-0.1, -0.05) is 6.07 Å². The van der Waals surface area contributed by atoms with E-state index in [4.69, 9.17) is 14.2 Å². The molecule has 1 heterocycles. The Morgan fingerprint density at radius 3 is 2.58 bits per heavy atom. The van der Waals surface area contributed by atoms with Gasteiger partial charge in [-0.2, -0.15) is 5.10 Å². The summed E-state index contributed by atoms with van der Waals surface area (Å²) < 4.78 is 17.0. The number of anilines is 1. The molecule has 0 saturated carbocycles. The second-order valence-electron chi connectivity index (χ2n) is 6.58. The highest BCUT2D eigenvalue weighted by atomic mass is 16.6. The van der Waals surface area contributed by atoms with Gasteiger partial charge in [-0.3, -0.25) is 14.9 Å². The number of nitro benzene ring substituents is 1. The average molecular weight is 454 g/mol. The lowest BCUT2D eigenvalue weighted by molar-refractivity contribution is -0.385. The van der Waals surface area contributed by atoms with Crippen LogP contribution in [0.25, 0.3) is 5.69 Å². The van der Waals surface area contributed by atoms with Crippen molar-refractivity contribution in [2.24, 2.45) is 0 Å². The van der Waals surface area contributed by atoms with Crippen LogP contribution in [0.3, 0.4) is 0 Å². The maximum atomic E-state index is 12.9. The van der Waals surface area contributed by atoms with Gasteiger partial charge in [0, 0.05) is 18.0 Å². The molecule has 0 fully saturated rings. The number of carbonyl (C=O) groups excluding carboxylic acids is 2. The summed E-state index contributed by atoms with van der Waals surface area (Å²) in [7, 11) is 1.38. The molecule has 3 aromatic rings. The predicted octanol–water partition coefficient (Wildman–Crippen LogP) is 3.62. The van der Waals surface area contributed by atoms with Crippen LogP contribution >= 0.6 is 0 Å². The first-order valence-corrected chi connectivity index (χ1v) is 10.0. The first-order chi connectivity index (χ1) is 15.9. The van der Waals surface area contributed by atoms with E-state index in [9.17, 15) is 19.7 Å². The van der Waals surface area contributed by atoms with Crippen molar-refractivity contribution in [2.45, 2.75) is 13.8 Å². The summed E-state index contributed by atoms with van der Waals surface area (Å²) in [4.78, 5) is 35.6. The normalized spacial score (nSPS) is 10.4. The third-order valence-corrected chi connectivity index (χ3v) is 4.47. The fraction of sp³-hybridized carbons (Fsp3) is 0.227. The zero-order chi connectivity index (χ0) is 24.0. The number of carbonyl (C=O) groups is 2. The van der Waals surface area contributed by atoms with Crippen LogP contribution in [0.15, 0.2) is 48.7 Å². The molecular formula is C22H22N4O7. The van der Waals surface area contributed by atoms with Crippen LogP contribution in [0.1, 0.15) is 34.7 Å². The van der Waals surface area contributed by atoms with E-state index in [1.165, 1.54) is 23.9 Å². The van der Waals surface area contributed by atoms with E-state index in [1.807, 2.05) is 0 Å². The second-order valence-corrected chi connectivity index (χ2v) is 6.58. The smallest absolute Gasteiger partial charge is 0.358 e. The minimum Gasteiger partial charge on any atom is -0.493 e. The van der Waals surface area contributed by atoms with Gasteiger partial charge in [0.2, 0.25) is 0 Å². The van der Waals surface area contributed by atoms with Crippen LogP contribution in [0, 0.1) is 10.1 Å². The van der Waals surface area contributed by atoms with Gasteiger partial charge in [0.15, 0.2) is 17.2 Å². The van der Waals surface area contributed by atoms with Crippen molar-refractivity contribution < 1.29 is 28.7 Å². The molecular weight excluding hydrogens is 432 g/mol. The summed E-state index contributed by atoms with van der Waals surface area (Å²) in [6, 6.07) is 10.6. The van der Waals surface area contributed by atoms with E-state index >= 15 is 0 Å². The Balaban J connectivity index is 1.88. The number of nitrogens with one attached hydrogen (secondary N) is 1. The summed E-state index contributed by atoms with van der Waals surface area (Å²) in [5.41, 5.74) is 0.465. The number of benzene rings is 2. The summed E-state index contributed by atoms with van der Waals surface area (Å²) >= 11 is 0. The molecule has 0 bridgehead atoms. The number of amides is 1. The van der Waals surface area contributed by atoms with Gasteiger partial charge in [-0.15, -0.1) is 0 Å². The largest absolute Gasteiger partial charge is 0.493 e. The minimum absolute atomic E-state index is 0.142. The third kappa shape index (κ3) is 5.26. The van der Waals surface area contributed by atoms with Crippen LogP contribution in [-0.4, -0.2) is 46.9 Å². The molecule has 11 heteroatoms. The number of esters is 1. The Morgan fingerprint density at radius 2 is 1.91 bits per heavy atom. The summed E-state index contributed by atoms with van der Waals surface area (Å²) in [6.45, 7) is 3.94. The number of hydrogen-bond donors (Lipinski definition) is 1. The van der Waals surface area contributed by atoms with Gasteiger partial charge < -0.3 is 19.5 Å². The number of rotatable bonds is 9. The number of nitrogens with zero attached hydrogens (tertiary/aromatic N) is 3. The Kier molecular flexibility index (Phi) is 7.24. The number of hydrogen-bond acceptors (Lipinski definition) is 8. The first kappa shape index (κ1) is 23.3. The van der Waals surface area contributed by atoms with E-state index in [-0.39, 0.29) is 36.0 Å². The minimum atomic E-state index is -0.701. The Morgan fingerprint density at radius 1 is 1.12 bits per heavy atom. The first-order valence-electron chi connectivity index (χ1n) is 10.0. The highest BCUT2D eigenvalue weighted by molar-refractivity contribution is 6.07. The van der Waals surface area contributed by atoms with Crippen molar-refractivity contribution in [3.05, 3.63) is 70.0 Å². The quantitative estimate of drug-likeness (QED) is 0.294. The molecule has 0 spiro atoms. The molecule has 1 amide bonds. The van der Waals surface area contributed by atoms with Gasteiger partial charge in [-0.25, -0.2) is 9.48 Å². The van der Waals surface area contributed by atoms with Crippen LogP contribution < -0.4 is 14.8 Å². The number of methoxy groups -OCH3 is 1. The topological polar surface area (TPSA) is 135 Å². The molecule has 0 unspecified atom stereocenters. The maximum absolute atomic E-state index is 12.9. The van der Waals surface area contributed by atoms with Crippen LogP contribution in [0.5, 0.6) is 11.5 Å². The van der Waals surface area contributed by atoms with E-state index in [0.29, 0.717) is 11.4 Å². The van der Waals surface area contributed by atoms with Crippen molar-refractivity contribution in [1.82, 2.24) is 9.78 Å². The van der Waals surface area contributed by atoms with Gasteiger partial charge in [0.25, 0.3) is 11.6 Å². The molecule has 11 nitrogen and oxygen atoms in total. The summed E-state index contributed by atoms with van der Waals surface area (Å²) in [5.74, 6) is -0.879. The molecule has 0 aliphatic rings. The zero-order valence-electron chi connectivity index (χ0n) is 18.2. The lowest BCUT2D eigenvalue weighted by Gasteiger charge is -2.12. The van der Waals surface area contributed by atoms with Crippen molar-refractivity contribution in [3.8, 4) is 17.2 Å². The lowest BCUT2D eigenvalue weighted by Crippen LogP contribution is -2.15. The molecule has 172 valence electrons. The third-order valence-electron chi connectivity index (χ3n) is 4.47. The molecule has 0 saturated heterocycles. The van der Waals surface area contributed by atoms with Crippen LogP contribution in [0.4, 0.5) is 11.4 Å². The molecule has 0 aliphatic heterocycles. The fourth-order valence-electron chi connectivity index (χ4n) is 3.02. The van der Waals surface area contributed by atoms with Gasteiger partial charge >= 0.3 is 5.97 Å². The van der Waals surface area contributed by atoms with E-state index in [1.54, 1.807) is 44.3 Å². The van der Waals surface area contributed by atoms with Gasteiger partial charge in [0.1, 0.15) is 5.56 Å². The number of ether oxygens (including phenoxy) is 3. The highest BCUT2D eigenvalue weighted by Gasteiger charge is 2.25. The molecule has 0 atom stereocenters. The van der Waals surface area contributed by atoms with Crippen molar-refractivity contribution in [2.75, 3.05) is 25.6 Å². The van der Waals surface area contributed by atoms with Crippen molar-refractivity contribution in [3.63, 3.8) is 0 Å². The van der Waals surface area contributed by atoms with E-state index < -0.39 is 22.5 Å². The molecule has 0 aliphatic carbocycles. The Bertz CT molecular complexity index is 1190. The molecule has 33 heavy (non-hydrogen) atoms. The number of nitro groups is 1. The monoisotopic (exact) mass is 454 g/mol. The standard InChI is InChI=1S/C22H22N4O7/c1-4-32-20-13-18(26(29)30)16(12-19(20)31-3)21(27)23-14-7-6-8-15(11-14)25-10-9-17(24-25)22(28)33-5-2/h6-13H,4-5H2,1-3H3,(H,23,27).